The molecule has 0 aliphatic rings. The number of hydrogen-bond donors (Lipinski definition) is 2. The zero-order valence-corrected chi connectivity index (χ0v) is 15.8. The number of carbonyl (C=O) groups excluding carboxylic acids is 2. The van der Waals surface area contributed by atoms with E-state index in [0.717, 1.165) is 0 Å². The summed E-state index contributed by atoms with van der Waals surface area (Å²) in [6, 6.07) is 5.69. The SMILES string of the molecule is CNC(C)CNC(=O)c1ccc(S(=O)(=O)CC(=O)N(C)C)cc1.Cl. The fourth-order valence-electron chi connectivity index (χ4n) is 1.64. The first-order valence-electron chi connectivity index (χ1n) is 7.16. The van der Waals surface area contributed by atoms with Gasteiger partial charge in [0.2, 0.25) is 5.91 Å². The topological polar surface area (TPSA) is 95.6 Å². The number of hydrogen-bond acceptors (Lipinski definition) is 5. The Morgan fingerprint density at radius 2 is 1.71 bits per heavy atom. The van der Waals surface area contributed by atoms with Crippen molar-refractivity contribution in [3.05, 3.63) is 29.8 Å². The molecular weight excluding hydrogens is 354 g/mol. The van der Waals surface area contributed by atoms with Crippen molar-refractivity contribution in [3.63, 3.8) is 0 Å². The maximum atomic E-state index is 12.1. The molecule has 7 nitrogen and oxygen atoms in total. The summed E-state index contributed by atoms with van der Waals surface area (Å²) < 4.78 is 24.3. The second-order valence-corrected chi connectivity index (χ2v) is 7.46. The first kappa shape index (κ1) is 22.4. The van der Waals surface area contributed by atoms with Crippen molar-refractivity contribution in [1.82, 2.24) is 15.5 Å². The number of nitrogens with zero attached hydrogens (tertiary/aromatic N) is 1. The lowest BCUT2D eigenvalue weighted by molar-refractivity contribution is -0.125. The molecule has 0 fully saturated rings. The van der Waals surface area contributed by atoms with Crippen LogP contribution in [0.2, 0.25) is 0 Å². The lowest BCUT2D eigenvalue weighted by Gasteiger charge is -2.12. The minimum atomic E-state index is -3.71. The van der Waals surface area contributed by atoms with Gasteiger partial charge in [-0.25, -0.2) is 8.42 Å². The van der Waals surface area contributed by atoms with Gasteiger partial charge < -0.3 is 15.5 Å². The molecule has 0 aliphatic heterocycles. The van der Waals surface area contributed by atoms with Gasteiger partial charge in [-0.15, -0.1) is 12.4 Å². The Labute approximate surface area is 149 Å². The van der Waals surface area contributed by atoms with Crippen LogP contribution in [0.25, 0.3) is 0 Å². The molecule has 9 heteroatoms. The average Bonchev–Trinajstić information content (AvgIpc) is 2.51. The van der Waals surface area contributed by atoms with E-state index in [1.165, 1.54) is 43.3 Å². The number of nitrogens with one attached hydrogen (secondary N) is 2. The maximum absolute atomic E-state index is 12.1. The molecule has 2 N–H and O–H groups in total. The van der Waals surface area contributed by atoms with Gasteiger partial charge in [-0.2, -0.15) is 0 Å². The van der Waals surface area contributed by atoms with Gasteiger partial charge in [0.25, 0.3) is 5.91 Å². The fourth-order valence-corrected chi connectivity index (χ4v) is 2.94. The van der Waals surface area contributed by atoms with Crippen molar-refractivity contribution < 1.29 is 18.0 Å². The third kappa shape index (κ3) is 6.46. The molecule has 1 aromatic rings. The van der Waals surface area contributed by atoms with Gasteiger partial charge in [0.15, 0.2) is 9.84 Å². The van der Waals surface area contributed by atoms with E-state index >= 15 is 0 Å². The lowest BCUT2D eigenvalue weighted by atomic mass is 10.2. The maximum Gasteiger partial charge on any atom is 0.251 e. The molecule has 2 amide bonds. The highest BCUT2D eigenvalue weighted by Gasteiger charge is 2.20. The molecular formula is C15H24ClN3O4S. The summed E-state index contributed by atoms with van der Waals surface area (Å²) in [4.78, 5) is 24.8. The Kier molecular flexibility index (Phi) is 8.95. The van der Waals surface area contributed by atoms with E-state index in [1.807, 2.05) is 6.92 Å². The van der Waals surface area contributed by atoms with E-state index in [4.69, 9.17) is 0 Å². The van der Waals surface area contributed by atoms with Gasteiger partial charge >= 0.3 is 0 Å². The minimum absolute atomic E-state index is 0. The monoisotopic (exact) mass is 377 g/mol. The van der Waals surface area contributed by atoms with Crippen LogP contribution in [-0.4, -0.2) is 64.6 Å². The molecule has 0 heterocycles. The Balaban J connectivity index is 0.00000529. The van der Waals surface area contributed by atoms with E-state index < -0.39 is 21.5 Å². The number of carbonyl (C=O) groups is 2. The van der Waals surface area contributed by atoms with Crippen LogP contribution < -0.4 is 10.6 Å². The third-order valence-corrected chi connectivity index (χ3v) is 4.97. The Morgan fingerprint density at radius 3 is 2.17 bits per heavy atom. The van der Waals surface area contributed by atoms with Gasteiger partial charge in [-0.3, -0.25) is 9.59 Å². The second kappa shape index (κ2) is 9.61. The predicted octanol–water partition coefficient (Wildman–Crippen LogP) is 0.308. The van der Waals surface area contributed by atoms with Crippen LogP contribution in [0, 0.1) is 0 Å². The predicted molar refractivity (Wildman–Crippen MR) is 95.3 cm³/mol. The normalized spacial score (nSPS) is 12.0. The minimum Gasteiger partial charge on any atom is -0.350 e. The molecule has 1 rings (SSSR count). The van der Waals surface area contributed by atoms with Crippen LogP contribution in [0.15, 0.2) is 29.2 Å². The number of halogens is 1. The highest BCUT2D eigenvalue weighted by atomic mass is 35.5. The van der Waals surface area contributed by atoms with Crippen molar-refractivity contribution in [2.45, 2.75) is 17.9 Å². The summed E-state index contributed by atoms with van der Waals surface area (Å²) in [5.74, 6) is -1.36. The van der Waals surface area contributed by atoms with Crippen molar-refractivity contribution in [3.8, 4) is 0 Å². The van der Waals surface area contributed by atoms with Gasteiger partial charge in [0, 0.05) is 32.2 Å². The third-order valence-electron chi connectivity index (χ3n) is 3.35. The quantitative estimate of drug-likeness (QED) is 0.713. The molecule has 0 spiro atoms. The molecule has 1 unspecified atom stereocenters. The Bertz CT molecular complexity index is 660. The van der Waals surface area contributed by atoms with Crippen molar-refractivity contribution in [1.29, 1.82) is 0 Å². The van der Waals surface area contributed by atoms with Crippen LogP contribution in [0.1, 0.15) is 17.3 Å². The molecule has 1 aromatic carbocycles. The summed E-state index contributed by atoms with van der Waals surface area (Å²) in [5, 5.41) is 5.74. The molecule has 0 saturated heterocycles. The molecule has 0 aliphatic carbocycles. The van der Waals surface area contributed by atoms with Crippen LogP contribution in [0.5, 0.6) is 0 Å². The average molecular weight is 378 g/mol. The van der Waals surface area contributed by atoms with Crippen molar-refractivity contribution in [2.75, 3.05) is 33.4 Å². The molecule has 24 heavy (non-hydrogen) atoms. The number of sulfone groups is 1. The van der Waals surface area contributed by atoms with Gasteiger partial charge in [-0.1, -0.05) is 0 Å². The highest BCUT2D eigenvalue weighted by Crippen LogP contribution is 2.13. The molecule has 136 valence electrons. The fraction of sp³-hybridized carbons (Fsp3) is 0.467. The molecule has 0 saturated carbocycles. The summed E-state index contributed by atoms with van der Waals surface area (Å²) in [5.41, 5.74) is 0.367. The van der Waals surface area contributed by atoms with Crippen LogP contribution >= 0.6 is 12.4 Å². The number of rotatable bonds is 7. The van der Waals surface area contributed by atoms with E-state index in [2.05, 4.69) is 10.6 Å². The van der Waals surface area contributed by atoms with Crippen LogP contribution in [-0.2, 0) is 14.6 Å². The van der Waals surface area contributed by atoms with E-state index in [-0.39, 0.29) is 29.3 Å². The molecule has 0 aromatic heterocycles. The highest BCUT2D eigenvalue weighted by molar-refractivity contribution is 7.92. The Morgan fingerprint density at radius 1 is 1.17 bits per heavy atom. The number of amides is 2. The molecule has 0 radical (unpaired) electrons. The smallest absolute Gasteiger partial charge is 0.251 e. The summed E-state index contributed by atoms with van der Waals surface area (Å²) >= 11 is 0. The first-order valence-corrected chi connectivity index (χ1v) is 8.81. The van der Waals surface area contributed by atoms with E-state index in [9.17, 15) is 18.0 Å². The number of benzene rings is 1. The zero-order valence-electron chi connectivity index (χ0n) is 14.2. The van der Waals surface area contributed by atoms with Gasteiger partial charge in [0.1, 0.15) is 5.75 Å². The second-order valence-electron chi connectivity index (χ2n) is 5.47. The Hall–Kier alpha value is -1.64. The van der Waals surface area contributed by atoms with Crippen molar-refractivity contribution >= 4 is 34.1 Å². The summed E-state index contributed by atoms with van der Waals surface area (Å²) in [6.07, 6.45) is 0. The van der Waals surface area contributed by atoms with Gasteiger partial charge in [-0.05, 0) is 38.2 Å². The van der Waals surface area contributed by atoms with Crippen LogP contribution in [0.3, 0.4) is 0 Å². The lowest BCUT2D eigenvalue weighted by Crippen LogP contribution is -2.37. The summed E-state index contributed by atoms with van der Waals surface area (Å²) in [6.45, 7) is 2.39. The number of likely N-dealkylation sites (N-methyl/N-ethyl adjacent to an activating group) is 1. The van der Waals surface area contributed by atoms with Gasteiger partial charge in [0.05, 0.1) is 4.90 Å². The van der Waals surface area contributed by atoms with E-state index in [1.54, 1.807) is 7.05 Å². The summed E-state index contributed by atoms with van der Waals surface area (Å²) in [7, 11) is 1.08. The first-order chi connectivity index (χ1) is 10.7. The zero-order chi connectivity index (χ0) is 17.6. The van der Waals surface area contributed by atoms with Crippen LogP contribution in [0.4, 0.5) is 0 Å². The largest absolute Gasteiger partial charge is 0.350 e. The van der Waals surface area contributed by atoms with E-state index in [0.29, 0.717) is 12.1 Å². The molecule has 1 atom stereocenters. The van der Waals surface area contributed by atoms with Crippen molar-refractivity contribution in [2.24, 2.45) is 0 Å². The molecule has 0 bridgehead atoms. The standard InChI is InChI=1S/C15H23N3O4S.ClH/c1-11(16-2)9-17-15(20)12-5-7-13(8-6-12)23(21,22)10-14(19)18(3)4;/h5-8,11,16H,9-10H2,1-4H3,(H,17,20);1H.